The Bertz CT molecular complexity index is 472. The molecule has 1 atom stereocenters. The summed E-state index contributed by atoms with van der Waals surface area (Å²) in [7, 11) is 0. The number of aromatic amines is 1. The van der Waals surface area contributed by atoms with Crippen molar-refractivity contribution in [3.8, 4) is 0 Å². The van der Waals surface area contributed by atoms with E-state index in [1.807, 2.05) is 6.92 Å². The fraction of sp³-hybridized carbons (Fsp3) is 0.286. The van der Waals surface area contributed by atoms with Crippen LogP contribution in [0.3, 0.4) is 0 Å². The van der Waals surface area contributed by atoms with Crippen LogP contribution in [-0.2, 0) is 0 Å². The van der Waals surface area contributed by atoms with Gasteiger partial charge in [-0.25, -0.2) is 4.98 Å². The molecule has 7 nitrogen and oxygen atoms in total. The lowest BCUT2D eigenvalue weighted by Gasteiger charge is -2.11. The number of hydrogen-bond donors (Lipinski definition) is 2. The molecule has 1 unspecified atom stereocenters. The fourth-order valence-electron chi connectivity index (χ4n) is 1.07. The second-order valence-corrected chi connectivity index (χ2v) is 3.72. The van der Waals surface area contributed by atoms with E-state index in [0.717, 1.165) is 0 Å². The van der Waals surface area contributed by atoms with Crippen LogP contribution in [0.25, 0.3) is 0 Å². The highest BCUT2D eigenvalue weighted by molar-refractivity contribution is 6.33. The first kappa shape index (κ1) is 11.0. The molecule has 0 saturated carbocycles. The lowest BCUT2D eigenvalue weighted by molar-refractivity contribution is 0.787. The Balaban J connectivity index is 2.17. The van der Waals surface area contributed by atoms with Crippen molar-refractivity contribution in [2.24, 2.45) is 0 Å². The van der Waals surface area contributed by atoms with Crippen LogP contribution >= 0.6 is 23.2 Å². The zero-order chi connectivity index (χ0) is 11.5. The quantitative estimate of drug-likeness (QED) is 0.812. The van der Waals surface area contributed by atoms with Gasteiger partial charge in [-0.1, -0.05) is 16.8 Å². The average Bonchev–Trinajstić information content (AvgIpc) is 2.76. The summed E-state index contributed by atoms with van der Waals surface area (Å²) < 4.78 is 0. The number of anilines is 1. The van der Waals surface area contributed by atoms with E-state index < -0.39 is 0 Å². The number of H-pyrrole nitrogens is 1. The molecule has 0 radical (unpaired) electrons. The minimum atomic E-state index is -0.192. The van der Waals surface area contributed by atoms with Gasteiger partial charge in [0.25, 0.3) is 0 Å². The highest BCUT2D eigenvalue weighted by Gasteiger charge is 2.13. The summed E-state index contributed by atoms with van der Waals surface area (Å²) >= 11 is 11.5. The average molecular weight is 260 g/mol. The van der Waals surface area contributed by atoms with Gasteiger partial charge in [0.1, 0.15) is 10.8 Å². The predicted molar refractivity (Wildman–Crippen MR) is 58.3 cm³/mol. The minimum absolute atomic E-state index is 0.118. The summed E-state index contributed by atoms with van der Waals surface area (Å²) in [6.07, 6.45) is 1.42. The van der Waals surface area contributed by atoms with E-state index in [0.29, 0.717) is 16.7 Å². The SMILES string of the molecule is CC(Nc1nc(Cl)ncc1Cl)c1nn[nH]n1. The first-order chi connectivity index (χ1) is 7.66. The molecule has 0 aliphatic carbocycles. The van der Waals surface area contributed by atoms with E-state index >= 15 is 0 Å². The van der Waals surface area contributed by atoms with Crippen LogP contribution in [0.2, 0.25) is 10.3 Å². The van der Waals surface area contributed by atoms with E-state index in [-0.39, 0.29) is 11.3 Å². The van der Waals surface area contributed by atoms with Gasteiger partial charge >= 0.3 is 0 Å². The van der Waals surface area contributed by atoms with Gasteiger partial charge in [-0.15, -0.1) is 10.2 Å². The van der Waals surface area contributed by atoms with E-state index in [9.17, 15) is 0 Å². The summed E-state index contributed by atoms with van der Waals surface area (Å²) in [5.74, 6) is 0.935. The molecular formula is C7H7Cl2N7. The lowest BCUT2D eigenvalue weighted by Crippen LogP contribution is -2.10. The van der Waals surface area contributed by atoms with E-state index in [4.69, 9.17) is 23.2 Å². The van der Waals surface area contributed by atoms with Gasteiger partial charge in [-0.05, 0) is 18.5 Å². The van der Waals surface area contributed by atoms with Crippen LogP contribution in [-0.4, -0.2) is 30.6 Å². The molecule has 2 N–H and O–H groups in total. The molecule has 9 heteroatoms. The third-order valence-electron chi connectivity index (χ3n) is 1.82. The number of rotatable bonds is 3. The van der Waals surface area contributed by atoms with Gasteiger partial charge < -0.3 is 5.32 Å². The van der Waals surface area contributed by atoms with Gasteiger partial charge in [0.15, 0.2) is 5.82 Å². The topological polar surface area (TPSA) is 92.3 Å². The minimum Gasteiger partial charge on any atom is -0.359 e. The lowest BCUT2D eigenvalue weighted by atomic mass is 10.3. The Morgan fingerprint density at radius 2 is 2.25 bits per heavy atom. The molecule has 84 valence electrons. The maximum atomic E-state index is 5.89. The van der Waals surface area contributed by atoms with Crippen LogP contribution in [0, 0.1) is 0 Å². The molecule has 2 aromatic rings. The van der Waals surface area contributed by atoms with Gasteiger partial charge in [0, 0.05) is 0 Å². The van der Waals surface area contributed by atoms with Crippen LogP contribution in [0.1, 0.15) is 18.8 Å². The van der Waals surface area contributed by atoms with Gasteiger partial charge in [-0.2, -0.15) is 10.2 Å². The summed E-state index contributed by atoms with van der Waals surface area (Å²) in [5.41, 5.74) is 0. The molecule has 0 aliphatic rings. The third-order valence-corrected chi connectivity index (χ3v) is 2.28. The van der Waals surface area contributed by atoms with Gasteiger partial charge in [0.2, 0.25) is 5.28 Å². The van der Waals surface area contributed by atoms with Crippen molar-refractivity contribution in [2.45, 2.75) is 13.0 Å². The largest absolute Gasteiger partial charge is 0.359 e. The molecule has 0 fully saturated rings. The number of tetrazole rings is 1. The van der Waals surface area contributed by atoms with E-state index in [1.165, 1.54) is 6.20 Å². The molecule has 2 rings (SSSR count). The Labute approximate surface area is 101 Å². The molecular weight excluding hydrogens is 253 g/mol. The summed E-state index contributed by atoms with van der Waals surface area (Å²) in [6.45, 7) is 1.84. The molecule has 2 heterocycles. The monoisotopic (exact) mass is 259 g/mol. The molecule has 0 aromatic carbocycles. The summed E-state index contributed by atoms with van der Waals surface area (Å²) in [5, 5.41) is 17.0. The maximum Gasteiger partial charge on any atom is 0.224 e. The highest BCUT2D eigenvalue weighted by Crippen LogP contribution is 2.22. The fourth-order valence-corrected chi connectivity index (χ4v) is 1.35. The third kappa shape index (κ3) is 2.37. The standard InChI is InChI=1S/C7H7Cl2N7/c1-3(5-13-15-16-14-5)11-6-4(8)2-10-7(9)12-6/h2-3H,1H3,(H,10,11,12)(H,13,14,15,16). The van der Waals surface area contributed by atoms with Gasteiger partial charge in [-0.3, -0.25) is 0 Å². The zero-order valence-electron chi connectivity index (χ0n) is 8.15. The first-order valence-electron chi connectivity index (χ1n) is 4.34. The Kier molecular flexibility index (Phi) is 3.16. The number of halogens is 2. The first-order valence-corrected chi connectivity index (χ1v) is 5.10. The Hall–Kier alpha value is -1.47. The van der Waals surface area contributed by atoms with Crippen molar-refractivity contribution in [3.05, 3.63) is 22.3 Å². The van der Waals surface area contributed by atoms with Crippen molar-refractivity contribution >= 4 is 29.0 Å². The number of nitrogens with one attached hydrogen (secondary N) is 2. The van der Waals surface area contributed by atoms with Crippen molar-refractivity contribution in [1.82, 2.24) is 30.6 Å². The smallest absolute Gasteiger partial charge is 0.224 e. The molecule has 0 saturated heterocycles. The van der Waals surface area contributed by atoms with Crippen molar-refractivity contribution in [3.63, 3.8) is 0 Å². The molecule has 0 amide bonds. The Morgan fingerprint density at radius 1 is 1.44 bits per heavy atom. The van der Waals surface area contributed by atoms with Crippen molar-refractivity contribution in [2.75, 3.05) is 5.32 Å². The van der Waals surface area contributed by atoms with Gasteiger partial charge in [0.05, 0.1) is 12.2 Å². The van der Waals surface area contributed by atoms with Crippen LogP contribution < -0.4 is 5.32 Å². The Morgan fingerprint density at radius 3 is 2.94 bits per heavy atom. The van der Waals surface area contributed by atoms with Crippen LogP contribution in [0.5, 0.6) is 0 Å². The summed E-state index contributed by atoms with van der Waals surface area (Å²) in [4.78, 5) is 7.69. The predicted octanol–water partition coefficient (Wildman–Crippen LogP) is 1.47. The van der Waals surface area contributed by atoms with Crippen molar-refractivity contribution in [1.29, 1.82) is 0 Å². The maximum absolute atomic E-state index is 5.89. The number of hydrogen-bond acceptors (Lipinski definition) is 6. The van der Waals surface area contributed by atoms with E-state index in [1.54, 1.807) is 0 Å². The molecule has 0 bridgehead atoms. The van der Waals surface area contributed by atoms with Crippen LogP contribution in [0.4, 0.5) is 5.82 Å². The molecule has 0 aliphatic heterocycles. The highest BCUT2D eigenvalue weighted by atomic mass is 35.5. The van der Waals surface area contributed by atoms with E-state index in [2.05, 4.69) is 35.9 Å². The second-order valence-electron chi connectivity index (χ2n) is 2.97. The summed E-state index contributed by atoms with van der Waals surface area (Å²) in [6, 6.07) is -0.192. The van der Waals surface area contributed by atoms with Crippen molar-refractivity contribution < 1.29 is 0 Å². The molecule has 16 heavy (non-hydrogen) atoms. The second kappa shape index (κ2) is 4.58. The van der Waals surface area contributed by atoms with Crippen LogP contribution in [0.15, 0.2) is 6.20 Å². The zero-order valence-corrected chi connectivity index (χ0v) is 9.66. The molecule has 0 spiro atoms. The normalized spacial score (nSPS) is 12.4. The number of aromatic nitrogens is 6. The molecule has 2 aromatic heterocycles. The number of nitrogens with zero attached hydrogens (tertiary/aromatic N) is 5.